The minimum atomic E-state index is -4.94. The van der Waals surface area contributed by atoms with Gasteiger partial charge in [0.1, 0.15) is 5.82 Å². The average Bonchev–Trinajstić information content (AvgIpc) is 2.81. The van der Waals surface area contributed by atoms with Crippen LogP contribution in [0.25, 0.3) is 0 Å². The fourth-order valence-corrected chi connectivity index (χ4v) is 4.62. The summed E-state index contributed by atoms with van der Waals surface area (Å²) in [5.41, 5.74) is -2.29. The SMILES string of the molecule is CNC(=O)N(C)CC1CC[C@H](OCc2cc(C(F)(F)F)cc(C(F)(F)F)c2)C(c2ccc(F)cc2)C1. The van der Waals surface area contributed by atoms with E-state index in [4.69, 9.17) is 4.74 Å². The first-order valence-corrected chi connectivity index (χ1v) is 11.4. The zero-order valence-electron chi connectivity index (χ0n) is 19.7. The first-order chi connectivity index (χ1) is 16.8. The summed E-state index contributed by atoms with van der Waals surface area (Å²) in [6.45, 7) is 0.00479. The molecule has 0 bridgehead atoms. The van der Waals surface area contributed by atoms with Gasteiger partial charge < -0.3 is 15.0 Å². The molecule has 11 heteroatoms. The van der Waals surface area contributed by atoms with Crippen molar-refractivity contribution in [2.45, 2.75) is 50.2 Å². The fraction of sp³-hybridized carbons (Fsp3) is 0.480. The second-order valence-corrected chi connectivity index (χ2v) is 9.04. The predicted octanol–water partition coefficient (Wildman–Crippen LogP) is 6.60. The molecule has 3 rings (SSSR count). The third-order valence-electron chi connectivity index (χ3n) is 6.40. The number of alkyl halides is 6. The van der Waals surface area contributed by atoms with Crippen LogP contribution in [-0.2, 0) is 23.7 Å². The zero-order chi connectivity index (χ0) is 26.7. The third kappa shape index (κ3) is 7.11. The molecular weight excluding hydrogens is 493 g/mol. The normalized spacial score (nSPS) is 20.8. The van der Waals surface area contributed by atoms with Gasteiger partial charge >= 0.3 is 18.4 Å². The van der Waals surface area contributed by atoms with Crippen molar-refractivity contribution in [2.24, 2.45) is 5.92 Å². The van der Waals surface area contributed by atoms with E-state index in [0.717, 1.165) is 5.56 Å². The van der Waals surface area contributed by atoms with Crippen molar-refractivity contribution in [3.8, 4) is 0 Å². The maximum absolute atomic E-state index is 13.5. The van der Waals surface area contributed by atoms with Crippen LogP contribution in [0, 0.1) is 11.7 Å². The molecule has 0 heterocycles. The number of ether oxygens (including phenoxy) is 1. The van der Waals surface area contributed by atoms with Crippen molar-refractivity contribution in [2.75, 3.05) is 20.6 Å². The summed E-state index contributed by atoms with van der Waals surface area (Å²) in [5, 5.41) is 2.54. The molecule has 3 atom stereocenters. The Kier molecular flexibility index (Phi) is 8.53. The lowest BCUT2D eigenvalue weighted by Gasteiger charge is -2.38. The Balaban J connectivity index is 1.81. The summed E-state index contributed by atoms with van der Waals surface area (Å²) in [5.74, 6) is -0.644. The Morgan fingerprint density at radius 2 is 1.58 bits per heavy atom. The molecule has 0 spiro atoms. The quantitative estimate of drug-likeness (QED) is 0.436. The number of carbonyl (C=O) groups is 1. The van der Waals surface area contributed by atoms with Gasteiger partial charge in [0.2, 0.25) is 0 Å². The number of carbonyl (C=O) groups excluding carboxylic acids is 1. The molecule has 2 amide bonds. The third-order valence-corrected chi connectivity index (χ3v) is 6.40. The summed E-state index contributed by atoms with van der Waals surface area (Å²) in [6.07, 6.45) is -8.74. The highest BCUT2D eigenvalue weighted by atomic mass is 19.4. The van der Waals surface area contributed by atoms with Crippen LogP contribution in [0.4, 0.5) is 35.5 Å². The van der Waals surface area contributed by atoms with Gasteiger partial charge in [-0.1, -0.05) is 12.1 Å². The van der Waals surface area contributed by atoms with Crippen molar-refractivity contribution in [1.82, 2.24) is 10.2 Å². The van der Waals surface area contributed by atoms with Crippen LogP contribution in [0.3, 0.4) is 0 Å². The highest BCUT2D eigenvalue weighted by molar-refractivity contribution is 5.73. The largest absolute Gasteiger partial charge is 0.416 e. The van der Waals surface area contributed by atoms with E-state index in [1.54, 1.807) is 19.2 Å². The molecule has 4 nitrogen and oxygen atoms in total. The maximum Gasteiger partial charge on any atom is 0.416 e. The molecule has 0 saturated heterocycles. The van der Waals surface area contributed by atoms with Gasteiger partial charge in [0.15, 0.2) is 0 Å². The maximum atomic E-state index is 13.5. The van der Waals surface area contributed by atoms with Gasteiger partial charge in [-0.15, -0.1) is 0 Å². The Morgan fingerprint density at radius 3 is 2.11 bits per heavy atom. The van der Waals surface area contributed by atoms with E-state index in [0.29, 0.717) is 37.9 Å². The number of amides is 2. The van der Waals surface area contributed by atoms with Crippen LogP contribution in [0.5, 0.6) is 0 Å². The van der Waals surface area contributed by atoms with E-state index in [2.05, 4.69) is 5.32 Å². The molecule has 0 aromatic heterocycles. The summed E-state index contributed by atoms with van der Waals surface area (Å²) in [6, 6.07) is 6.90. The molecule has 1 fully saturated rings. The van der Waals surface area contributed by atoms with Crippen LogP contribution in [0.15, 0.2) is 42.5 Å². The second-order valence-electron chi connectivity index (χ2n) is 9.04. The number of nitrogens with one attached hydrogen (secondary N) is 1. The van der Waals surface area contributed by atoms with Gasteiger partial charge in [-0.2, -0.15) is 26.3 Å². The molecule has 2 aromatic rings. The van der Waals surface area contributed by atoms with Gasteiger partial charge in [0.05, 0.1) is 23.8 Å². The van der Waals surface area contributed by atoms with E-state index < -0.39 is 42.0 Å². The number of urea groups is 1. The van der Waals surface area contributed by atoms with Crippen molar-refractivity contribution >= 4 is 6.03 Å². The molecule has 2 unspecified atom stereocenters. The lowest BCUT2D eigenvalue weighted by atomic mass is 9.75. The van der Waals surface area contributed by atoms with Gasteiger partial charge in [0, 0.05) is 26.6 Å². The highest BCUT2D eigenvalue weighted by Crippen LogP contribution is 2.40. The number of hydrogen-bond donors (Lipinski definition) is 1. The van der Waals surface area contributed by atoms with Crippen LogP contribution >= 0.6 is 0 Å². The Labute approximate surface area is 204 Å². The van der Waals surface area contributed by atoms with Crippen molar-refractivity contribution in [1.29, 1.82) is 0 Å². The standard InChI is InChI=1S/C25H27F7N2O2/c1-33-23(35)34(2)13-15-3-8-22(21(11-15)17-4-6-20(26)7-5-17)36-14-16-9-18(24(27,28)29)12-19(10-16)25(30,31)32/h4-7,9-10,12,15,21-22H,3,8,11,13-14H2,1-2H3,(H,33,35)/t15?,21?,22-/m0/s1. The van der Waals surface area contributed by atoms with E-state index >= 15 is 0 Å². The van der Waals surface area contributed by atoms with Crippen molar-refractivity contribution < 1.29 is 40.3 Å². The van der Waals surface area contributed by atoms with E-state index in [-0.39, 0.29) is 29.5 Å². The molecule has 36 heavy (non-hydrogen) atoms. The monoisotopic (exact) mass is 520 g/mol. The number of halogens is 7. The lowest BCUT2D eigenvalue weighted by Crippen LogP contribution is -2.40. The van der Waals surface area contributed by atoms with Gasteiger partial charge in [-0.3, -0.25) is 0 Å². The van der Waals surface area contributed by atoms with Crippen LogP contribution < -0.4 is 5.32 Å². The molecule has 0 aliphatic heterocycles. The Bertz CT molecular complexity index is 1010. The van der Waals surface area contributed by atoms with Gasteiger partial charge in [-0.05, 0) is 66.6 Å². The number of hydrogen-bond acceptors (Lipinski definition) is 2. The Morgan fingerprint density at radius 1 is 1.00 bits per heavy atom. The van der Waals surface area contributed by atoms with Crippen molar-refractivity contribution in [3.05, 3.63) is 70.5 Å². The van der Waals surface area contributed by atoms with E-state index in [9.17, 15) is 35.5 Å². The minimum absolute atomic E-state index is 0.0765. The summed E-state index contributed by atoms with van der Waals surface area (Å²) in [7, 11) is 3.17. The minimum Gasteiger partial charge on any atom is -0.373 e. The van der Waals surface area contributed by atoms with E-state index in [1.165, 1.54) is 24.1 Å². The summed E-state index contributed by atoms with van der Waals surface area (Å²) >= 11 is 0. The first-order valence-electron chi connectivity index (χ1n) is 11.4. The molecule has 1 saturated carbocycles. The van der Waals surface area contributed by atoms with Crippen molar-refractivity contribution in [3.63, 3.8) is 0 Å². The number of rotatable bonds is 6. The van der Waals surface area contributed by atoms with E-state index in [1.807, 2.05) is 0 Å². The lowest BCUT2D eigenvalue weighted by molar-refractivity contribution is -0.143. The topological polar surface area (TPSA) is 41.6 Å². The molecule has 2 aromatic carbocycles. The molecule has 198 valence electrons. The number of benzene rings is 2. The Hall–Kier alpha value is -2.82. The zero-order valence-corrected chi connectivity index (χ0v) is 19.7. The molecule has 1 aliphatic rings. The van der Waals surface area contributed by atoms with Gasteiger partial charge in [0.25, 0.3) is 0 Å². The van der Waals surface area contributed by atoms with Crippen LogP contribution in [0.1, 0.15) is 47.4 Å². The summed E-state index contributed by atoms with van der Waals surface area (Å²) < 4.78 is 98.6. The number of nitrogens with zero attached hydrogens (tertiary/aromatic N) is 1. The molecule has 1 aliphatic carbocycles. The molecule has 0 radical (unpaired) electrons. The second kappa shape index (κ2) is 11.1. The first kappa shape index (κ1) is 27.8. The summed E-state index contributed by atoms with van der Waals surface area (Å²) in [4.78, 5) is 13.4. The molecule has 1 N–H and O–H groups in total. The van der Waals surface area contributed by atoms with Crippen LogP contribution in [0.2, 0.25) is 0 Å². The fourth-order valence-electron chi connectivity index (χ4n) is 4.62. The highest BCUT2D eigenvalue weighted by Gasteiger charge is 2.37. The van der Waals surface area contributed by atoms with Crippen LogP contribution in [-0.4, -0.2) is 37.7 Å². The molecular formula is C25H27F7N2O2. The van der Waals surface area contributed by atoms with Gasteiger partial charge in [-0.25, -0.2) is 9.18 Å². The average molecular weight is 520 g/mol. The smallest absolute Gasteiger partial charge is 0.373 e. The predicted molar refractivity (Wildman–Crippen MR) is 119 cm³/mol.